The Morgan fingerprint density at radius 3 is 2.80 bits per heavy atom. The molecule has 7 heteroatoms. The van der Waals surface area contributed by atoms with Crippen LogP contribution >= 0.6 is 11.6 Å². The van der Waals surface area contributed by atoms with Crippen molar-refractivity contribution in [2.75, 3.05) is 0 Å². The predicted molar refractivity (Wildman–Crippen MR) is 70.5 cm³/mol. The molecule has 0 aliphatic rings. The summed E-state index contributed by atoms with van der Waals surface area (Å²) in [7, 11) is 0. The van der Waals surface area contributed by atoms with Gasteiger partial charge in [0.25, 0.3) is 5.89 Å². The van der Waals surface area contributed by atoms with Gasteiger partial charge in [-0.15, -0.1) is 0 Å². The van der Waals surface area contributed by atoms with Crippen LogP contribution in [0.15, 0.2) is 41.2 Å². The largest absolute Gasteiger partial charge is 0.332 e. The van der Waals surface area contributed by atoms with Gasteiger partial charge in [-0.05, 0) is 24.3 Å². The van der Waals surface area contributed by atoms with E-state index in [0.29, 0.717) is 22.0 Å². The summed E-state index contributed by atoms with van der Waals surface area (Å²) in [6.45, 7) is 0. The fourth-order valence-electron chi connectivity index (χ4n) is 1.56. The lowest BCUT2D eigenvalue weighted by Crippen LogP contribution is -1.87. The molecule has 0 N–H and O–H groups in total. The standard InChI is InChI=1S/C13H6ClN5O/c14-9-2-1-5-16-11(9)12-18-13(20-19-12)10-4-3-8(6-15)7-17-10/h1-5,7H. The molecule has 6 nitrogen and oxygen atoms in total. The SMILES string of the molecule is N#Cc1ccc(-c2nc(-c3ncccc3Cl)no2)nc1. The number of halogens is 1. The first kappa shape index (κ1) is 12.3. The van der Waals surface area contributed by atoms with Crippen molar-refractivity contribution in [3.8, 4) is 29.2 Å². The molecule has 0 aliphatic heterocycles. The minimum atomic E-state index is 0.242. The minimum absolute atomic E-state index is 0.242. The van der Waals surface area contributed by atoms with Crippen molar-refractivity contribution in [1.29, 1.82) is 5.26 Å². The number of hydrogen-bond donors (Lipinski definition) is 0. The molecule has 0 aliphatic carbocycles. The van der Waals surface area contributed by atoms with Crippen molar-refractivity contribution in [1.82, 2.24) is 20.1 Å². The zero-order valence-electron chi connectivity index (χ0n) is 9.99. The maximum absolute atomic E-state index is 8.72. The highest BCUT2D eigenvalue weighted by atomic mass is 35.5. The van der Waals surface area contributed by atoms with Crippen LogP contribution in [0.3, 0.4) is 0 Å². The Kier molecular flexibility index (Phi) is 3.11. The van der Waals surface area contributed by atoms with Crippen LogP contribution in [0.5, 0.6) is 0 Å². The maximum Gasteiger partial charge on any atom is 0.276 e. The molecular weight excluding hydrogens is 278 g/mol. The van der Waals surface area contributed by atoms with E-state index in [1.807, 2.05) is 6.07 Å². The van der Waals surface area contributed by atoms with Gasteiger partial charge in [0.1, 0.15) is 17.5 Å². The summed E-state index contributed by atoms with van der Waals surface area (Å²) < 4.78 is 5.13. The summed E-state index contributed by atoms with van der Waals surface area (Å²) in [5.74, 6) is 0.531. The van der Waals surface area contributed by atoms with E-state index < -0.39 is 0 Å². The summed E-state index contributed by atoms with van der Waals surface area (Å²) in [4.78, 5) is 12.4. The van der Waals surface area contributed by atoms with Crippen LogP contribution in [0.1, 0.15) is 5.56 Å². The van der Waals surface area contributed by atoms with E-state index in [1.165, 1.54) is 6.20 Å². The number of rotatable bonds is 2. The van der Waals surface area contributed by atoms with Gasteiger partial charge in [-0.25, -0.2) is 4.98 Å². The van der Waals surface area contributed by atoms with Gasteiger partial charge < -0.3 is 4.52 Å². The van der Waals surface area contributed by atoms with E-state index >= 15 is 0 Å². The van der Waals surface area contributed by atoms with Gasteiger partial charge >= 0.3 is 0 Å². The summed E-state index contributed by atoms with van der Waals surface area (Å²) >= 11 is 6.02. The molecule has 0 saturated carbocycles. The van der Waals surface area contributed by atoms with Gasteiger partial charge in [-0.1, -0.05) is 16.8 Å². The van der Waals surface area contributed by atoms with Crippen LogP contribution in [0.25, 0.3) is 23.1 Å². The number of aromatic nitrogens is 4. The maximum atomic E-state index is 8.72. The zero-order valence-corrected chi connectivity index (χ0v) is 10.7. The molecule has 3 aromatic rings. The Morgan fingerprint density at radius 1 is 1.20 bits per heavy atom. The van der Waals surface area contributed by atoms with Crippen LogP contribution in [0.4, 0.5) is 0 Å². The molecule has 96 valence electrons. The topological polar surface area (TPSA) is 88.5 Å². The predicted octanol–water partition coefficient (Wildman–Crippen LogP) is 2.72. The fourth-order valence-corrected chi connectivity index (χ4v) is 1.77. The zero-order chi connectivity index (χ0) is 13.9. The first-order valence-electron chi connectivity index (χ1n) is 5.59. The van der Waals surface area contributed by atoms with Crippen LogP contribution < -0.4 is 0 Å². The van der Waals surface area contributed by atoms with Crippen LogP contribution in [-0.4, -0.2) is 20.1 Å². The molecule has 0 aromatic carbocycles. The molecule has 3 aromatic heterocycles. The van der Waals surface area contributed by atoms with Crippen molar-refractivity contribution in [2.45, 2.75) is 0 Å². The molecule has 20 heavy (non-hydrogen) atoms. The lowest BCUT2D eigenvalue weighted by Gasteiger charge is -1.95. The van der Waals surface area contributed by atoms with Crippen molar-refractivity contribution in [3.05, 3.63) is 47.2 Å². The van der Waals surface area contributed by atoms with E-state index in [-0.39, 0.29) is 11.7 Å². The number of hydrogen-bond acceptors (Lipinski definition) is 6. The molecule has 0 radical (unpaired) electrons. The highest BCUT2D eigenvalue weighted by Gasteiger charge is 2.14. The second-order valence-electron chi connectivity index (χ2n) is 3.80. The van der Waals surface area contributed by atoms with Crippen LogP contribution in [0, 0.1) is 11.3 Å². The fraction of sp³-hybridized carbons (Fsp3) is 0. The van der Waals surface area contributed by atoms with Gasteiger partial charge in [0.15, 0.2) is 0 Å². The van der Waals surface area contributed by atoms with Crippen molar-refractivity contribution in [2.24, 2.45) is 0 Å². The Bertz CT molecular complexity index is 791. The number of pyridine rings is 2. The Hall–Kier alpha value is -2.78. The monoisotopic (exact) mass is 283 g/mol. The highest BCUT2D eigenvalue weighted by Crippen LogP contribution is 2.24. The molecule has 0 unspecified atom stereocenters. The normalized spacial score (nSPS) is 10.2. The van der Waals surface area contributed by atoms with Crippen molar-refractivity contribution >= 4 is 11.6 Å². The molecule has 3 rings (SSSR count). The van der Waals surface area contributed by atoms with Gasteiger partial charge in [0.2, 0.25) is 5.82 Å². The van der Waals surface area contributed by atoms with Crippen LogP contribution in [0.2, 0.25) is 5.02 Å². The summed E-state index contributed by atoms with van der Waals surface area (Å²) in [6, 6.07) is 8.66. The third-order valence-electron chi connectivity index (χ3n) is 2.51. The van der Waals surface area contributed by atoms with E-state index in [2.05, 4.69) is 20.1 Å². The summed E-state index contributed by atoms with van der Waals surface area (Å²) in [5.41, 5.74) is 1.38. The van der Waals surface area contributed by atoms with E-state index in [9.17, 15) is 0 Å². The molecular formula is C13H6ClN5O. The molecule has 0 fully saturated rings. The molecule has 0 bridgehead atoms. The molecule has 0 atom stereocenters. The minimum Gasteiger partial charge on any atom is -0.332 e. The Labute approximate surface area is 118 Å². The summed E-state index contributed by atoms with van der Waals surface area (Å²) in [5, 5.41) is 13.0. The van der Waals surface area contributed by atoms with E-state index in [1.54, 1.807) is 30.5 Å². The number of nitrogens with zero attached hydrogens (tertiary/aromatic N) is 5. The van der Waals surface area contributed by atoms with E-state index in [4.69, 9.17) is 21.4 Å². The average Bonchev–Trinajstić information content (AvgIpc) is 2.97. The third-order valence-corrected chi connectivity index (χ3v) is 2.81. The average molecular weight is 284 g/mol. The molecule has 3 heterocycles. The summed E-state index contributed by atoms with van der Waals surface area (Å²) in [6.07, 6.45) is 3.03. The van der Waals surface area contributed by atoms with E-state index in [0.717, 1.165) is 0 Å². The quantitative estimate of drug-likeness (QED) is 0.718. The Balaban J connectivity index is 1.98. The first-order valence-corrected chi connectivity index (χ1v) is 5.97. The highest BCUT2D eigenvalue weighted by molar-refractivity contribution is 6.32. The van der Waals surface area contributed by atoms with Gasteiger partial charge in [-0.3, -0.25) is 4.98 Å². The van der Waals surface area contributed by atoms with Gasteiger partial charge in [0.05, 0.1) is 10.6 Å². The third kappa shape index (κ3) is 2.22. The second-order valence-corrected chi connectivity index (χ2v) is 4.21. The molecule has 0 saturated heterocycles. The van der Waals surface area contributed by atoms with Crippen LogP contribution in [-0.2, 0) is 0 Å². The second kappa shape index (κ2) is 5.07. The Morgan fingerprint density at radius 2 is 2.10 bits per heavy atom. The molecule has 0 amide bonds. The number of nitriles is 1. The van der Waals surface area contributed by atoms with Gasteiger partial charge in [0, 0.05) is 12.4 Å². The first-order chi connectivity index (χ1) is 9.78. The lowest BCUT2D eigenvalue weighted by molar-refractivity contribution is 0.431. The van der Waals surface area contributed by atoms with Crippen molar-refractivity contribution in [3.63, 3.8) is 0 Å². The lowest BCUT2D eigenvalue weighted by atomic mass is 10.2. The smallest absolute Gasteiger partial charge is 0.276 e. The van der Waals surface area contributed by atoms with Crippen molar-refractivity contribution < 1.29 is 4.52 Å². The van der Waals surface area contributed by atoms with Gasteiger partial charge in [-0.2, -0.15) is 10.2 Å². The molecule has 0 spiro atoms.